The fourth-order valence-corrected chi connectivity index (χ4v) is 2.64. The molecule has 2 aromatic rings. The van der Waals surface area contributed by atoms with Crippen LogP contribution in [0.5, 0.6) is 5.75 Å². The number of ether oxygens (including phenoxy) is 1. The lowest BCUT2D eigenvalue weighted by atomic mass is 10.1. The van der Waals surface area contributed by atoms with Gasteiger partial charge < -0.3 is 15.4 Å². The Morgan fingerprint density at radius 3 is 2.28 bits per heavy atom. The first kappa shape index (κ1) is 18.8. The van der Waals surface area contributed by atoms with Gasteiger partial charge in [-0.2, -0.15) is 0 Å². The third kappa shape index (κ3) is 6.09. The average Bonchev–Trinajstić information content (AvgIpc) is 2.56. The molecule has 4 N–H and O–H groups in total. The number of aryl methyl sites for hydroxylation is 1. The van der Waals surface area contributed by atoms with Crippen LogP contribution in [-0.4, -0.2) is 21.2 Å². The van der Waals surface area contributed by atoms with Gasteiger partial charge in [-0.3, -0.25) is 0 Å². The predicted molar refractivity (Wildman–Crippen MR) is 95.9 cm³/mol. The zero-order chi connectivity index (χ0) is 18.3. The molecule has 0 radical (unpaired) electrons. The molecule has 2 amide bonds. The zero-order valence-corrected chi connectivity index (χ0v) is 14.7. The number of sulfonamides is 1. The third-order valence-electron chi connectivity index (χ3n) is 3.37. The SMILES string of the molecule is CCCc1ccc(OCNC(=O)Nc2ccc(S(N)(=O)=O)cc2)cc1. The largest absolute Gasteiger partial charge is 0.473 e. The number of amides is 2. The van der Waals surface area contributed by atoms with Gasteiger partial charge in [0, 0.05) is 5.69 Å². The van der Waals surface area contributed by atoms with E-state index >= 15 is 0 Å². The lowest BCUT2D eigenvalue weighted by Gasteiger charge is -2.10. The van der Waals surface area contributed by atoms with Crippen LogP contribution in [0.3, 0.4) is 0 Å². The first-order valence-corrected chi connectivity index (χ1v) is 9.32. The van der Waals surface area contributed by atoms with Gasteiger partial charge in [0.05, 0.1) is 4.90 Å². The third-order valence-corrected chi connectivity index (χ3v) is 4.30. The van der Waals surface area contributed by atoms with Crippen molar-refractivity contribution in [2.45, 2.75) is 24.7 Å². The molecular weight excluding hydrogens is 342 g/mol. The molecule has 0 spiro atoms. The summed E-state index contributed by atoms with van der Waals surface area (Å²) < 4.78 is 27.8. The van der Waals surface area contributed by atoms with Gasteiger partial charge in [0.25, 0.3) is 0 Å². The zero-order valence-electron chi connectivity index (χ0n) is 13.9. The minimum atomic E-state index is -3.75. The molecule has 25 heavy (non-hydrogen) atoms. The van der Waals surface area contributed by atoms with Crippen molar-refractivity contribution in [1.29, 1.82) is 0 Å². The molecule has 0 bridgehead atoms. The van der Waals surface area contributed by atoms with Gasteiger partial charge in [-0.05, 0) is 48.4 Å². The van der Waals surface area contributed by atoms with E-state index in [1.165, 1.54) is 29.8 Å². The Bertz CT molecular complexity index is 803. The van der Waals surface area contributed by atoms with Crippen LogP contribution in [0.1, 0.15) is 18.9 Å². The Hall–Kier alpha value is -2.58. The molecule has 0 atom stereocenters. The van der Waals surface area contributed by atoms with Crippen molar-refractivity contribution < 1.29 is 17.9 Å². The van der Waals surface area contributed by atoms with Crippen molar-refractivity contribution in [3.8, 4) is 5.75 Å². The molecule has 0 saturated heterocycles. The Morgan fingerprint density at radius 2 is 1.72 bits per heavy atom. The summed E-state index contributed by atoms with van der Waals surface area (Å²) in [4.78, 5) is 11.8. The molecule has 2 rings (SSSR count). The number of nitrogens with one attached hydrogen (secondary N) is 2. The first-order valence-electron chi connectivity index (χ1n) is 7.78. The summed E-state index contributed by atoms with van der Waals surface area (Å²) in [6.45, 7) is 2.13. The highest BCUT2D eigenvalue weighted by atomic mass is 32.2. The van der Waals surface area contributed by atoms with Gasteiger partial charge >= 0.3 is 6.03 Å². The van der Waals surface area contributed by atoms with E-state index in [1.54, 1.807) is 0 Å². The van der Waals surface area contributed by atoms with Crippen LogP contribution in [0.25, 0.3) is 0 Å². The van der Waals surface area contributed by atoms with Crippen molar-refractivity contribution in [2.75, 3.05) is 12.0 Å². The van der Waals surface area contributed by atoms with E-state index in [2.05, 4.69) is 17.6 Å². The predicted octanol–water partition coefficient (Wildman–Crippen LogP) is 2.44. The van der Waals surface area contributed by atoms with Gasteiger partial charge in [0.15, 0.2) is 6.73 Å². The van der Waals surface area contributed by atoms with E-state index in [0.717, 1.165) is 12.8 Å². The Kier molecular flexibility index (Phi) is 6.37. The van der Waals surface area contributed by atoms with Crippen molar-refractivity contribution in [1.82, 2.24) is 5.32 Å². The summed E-state index contributed by atoms with van der Waals surface area (Å²) in [6, 6.07) is 12.8. The van der Waals surface area contributed by atoms with E-state index < -0.39 is 16.1 Å². The summed E-state index contributed by atoms with van der Waals surface area (Å²) >= 11 is 0. The van der Waals surface area contributed by atoms with E-state index in [1.807, 2.05) is 24.3 Å². The smallest absolute Gasteiger partial charge is 0.321 e. The number of hydrogen-bond donors (Lipinski definition) is 3. The summed E-state index contributed by atoms with van der Waals surface area (Å²) in [6.07, 6.45) is 2.10. The number of primary sulfonamides is 1. The van der Waals surface area contributed by atoms with Crippen LogP contribution in [0.15, 0.2) is 53.4 Å². The number of urea groups is 1. The van der Waals surface area contributed by atoms with Crippen LogP contribution in [-0.2, 0) is 16.4 Å². The molecule has 0 aliphatic rings. The van der Waals surface area contributed by atoms with Crippen LogP contribution in [0, 0.1) is 0 Å². The summed E-state index contributed by atoms with van der Waals surface area (Å²) in [5.74, 6) is 0.664. The minimum Gasteiger partial charge on any atom is -0.473 e. The number of nitrogens with two attached hydrogens (primary N) is 1. The Morgan fingerprint density at radius 1 is 1.08 bits per heavy atom. The second-order valence-electron chi connectivity index (χ2n) is 5.38. The van der Waals surface area contributed by atoms with E-state index in [4.69, 9.17) is 9.88 Å². The maximum absolute atomic E-state index is 11.8. The van der Waals surface area contributed by atoms with Gasteiger partial charge in [-0.15, -0.1) is 0 Å². The molecule has 8 heteroatoms. The molecule has 134 valence electrons. The molecule has 0 aliphatic carbocycles. The van der Waals surface area contributed by atoms with E-state index in [9.17, 15) is 13.2 Å². The van der Waals surface area contributed by atoms with Crippen LogP contribution < -0.4 is 20.5 Å². The molecule has 0 aliphatic heterocycles. The fraction of sp³-hybridized carbons (Fsp3) is 0.235. The highest BCUT2D eigenvalue weighted by molar-refractivity contribution is 7.89. The number of rotatable bonds is 7. The van der Waals surface area contributed by atoms with Gasteiger partial charge in [0.1, 0.15) is 5.75 Å². The second kappa shape index (κ2) is 8.50. The lowest BCUT2D eigenvalue weighted by molar-refractivity contribution is 0.234. The van der Waals surface area contributed by atoms with Crippen LogP contribution in [0.2, 0.25) is 0 Å². The molecule has 0 saturated carbocycles. The number of anilines is 1. The van der Waals surface area contributed by atoms with Crippen molar-refractivity contribution in [3.05, 3.63) is 54.1 Å². The summed E-state index contributed by atoms with van der Waals surface area (Å²) in [5.41, 5.74) is 1.68. The molecule has 0 fully saturated rings. The maximum atomic E-state index is 11.8. The maximum Gasteiger partial charge on any atom is 0.321 e. The molecule has 2 aromatic carbocycles. The number of carbonyl (C=O) groups excluding carboxylic acids is 1. The molecule has 0 unspecified atom stereocenters. The standard InChI is InChI=1S/C17H21N3O4S/c1-2-3-13-4-8-15(9-5-13)24-12-19-17(21)20-14-6-10-16(11-7-14)25(18,22)23/h4-11H,2-3,12H2,1H3,(H2,18,22,23)(H2,19,20,21). The number of benzene rings is 2. The van der Waals surface area contributed by atoms with Crippen molar-refractivity contribution >= 4 is 21.7 Å². The van der Waals surface area contributed by atoms with Crippen molar-refractivity contribution in [3.63, 3.8) is 0 Å². The van der Waals surface area contributed by atoms with Gasteiger partial charge in [0.2, 0.25) is 10.0 Å². The number of hydrogen-bond acceptors (Lipinski definition) is 4. The monoisotopic (exact) mass is 363 g/mol. The lowest BCUT2D eigenvalue weighted by Crippen LogP contribution is -2.32. The first-order chi connectivity index (χ1) is 11.9. The van der Waals surface area contributed by atoms with E-state index in [0.29, 0.717) is 11.4 Å². The Balaban J connectivity index is 1.78. The van der Waals surface area contributed by atoms with Crippen LogP contribution in [0.4, 0.5) is 10.5 Å². The average molecular weight is 363 g/mol. The fourth-order valence-electron chi connectivity index (χ4n) is 2.13. The quantitative estimate of drug-likeness (QED) is 0.656. The molecule has 0 aromatic heterocycles. The highest BCUT2D eigenvalue weighted by Gasteiger charge is 2.08. The van der Waals surface area contributed by atoms with Gasteiger partial charge in [-0.25, -0.2) is 18.4 Å². The van der Waals surface area contributed by atoms with Gasteiger partial charge in [-0.1, -0.05) is 25.5 Å². The number of carbonyl (C=O) groups is 1. The minimum absolute atomic E-state index is 0.00816. The van der Waals surface area contributed by atoms with Crippen molar-refractivity contribution in [2.24, 2.45) is 5.14 Å². The Labute approximate surface area is 147 Å². The molecular formula is C17H21N3O4S. The molecule has 7 nitrogen and oxygen atoms in total. The second-order valence-corrected chi connectivity index (χ2v) is 6.94. The summed E-state index contributed by atoms with van der Waals surface area (Å²) in [5, 5.41) is 10.1. The van der Waals surface area contributed by atoms with Crippen LogP contribution >= 0.6 is 0 Å². The topological polar surface area (TPSA) is 111 Å². The van der Waals surface area contributed by atoms with E-state index in [-0.39, 0.29) is 11.6 Å². The summed E-state index contributed by atoms with van der Waals surface area (Å²) in [7, 11) is -3.75. The highest BCUT2D eigenvalue weighted by Crippen LogP contribution is 2.14. The molecule has 0 heterocycles. The normalized spacial score (nSPS) is 11.0.